The van der Waals surface area contributed by atoms with Crippen molar-refractivity contribution >= 4 is 23.6 Å². The van der Waals surface area contributed by atoms with E-state index in [1.807, 2.05) is 6.92 Å². The SMILES string of the molecule is CCNC(=NCCOc1ncc(C(F)(F)F)cc1Cl)NC1CCN(C(N)=O)CC1. The number of halogens is 4. The minimum Gasteiger partial charge on any atom is -0.475 e. The van der Waals surface area contributed by atoms with E-state index in [0.717, 1.165) is 18.9 Å². The Bertz CT molecular complexity index is 724. The minimum atomic E-state index is -4.51. The van der Waals surface area contributed by atoms with Crippen LogP contribution in [0.2, 0.25) is 5.02 Å². The number of nitrogens with one attached hydrogen (secondary N) is 2. The van der Waals surface area contributed by atoms with Crippen LogP contribution in [0.1, 0.15) is 25.3 Å². The number of piperidine rings is 1. The van der Waals surface area contributed by atoms with Crippen LogP contribution in [0.15, 0.2) is 17.3 Å². The first kappa shape index (κ1) is 22.9. The van der Waals surface area contributed by atoms with Gasteiger partial charge in [0.05, 0.1) is 12.1 Å². The first-order valence-electron chi connectivity index (χ1n) is 9.15. The van der Waals surface area contributed by atoms with Gasteiger partial charge in [-0.25, -0.2) is 14.8 Å². The van der Waals surface area contributed by atoms with Crippen molar-refractivity contribution in [1.29, 1.82) is 0 Å². The third-order valence-corrected chi connectivity index (χ3v) is 4.50. The molecule has 0 spiro atoms. The highest BCUT2D eigenvalue weighted by molar-refractivity contribution is 6.31. The molecule has 2 amide bonds. The van der Waals surface area contributed by atoms with Crippen LogP contribution in [0.4, 0.5) is 18.0 Å². The number of aliphatic imine (C=N–C) groups is 1. The quantitative estimate of drug-likeness (QED) is 0.360. The van der Waals surface area contributed by atoms with Gasteiger partial charge in [-0.05, 0) is 25.8 Å². The second kappa shape index (κ2) is 10.4. The number of aromatic nitrogens is 1. The van der Waals surface area contributed by atoms with Crippen LogP contribution in [0.25, 0.3) is 0 Å². The van der Waals surface area contributed by atoms with Crippen molar-refractivity contribution in [3.63, 3.8) is 0 Å². The van der Waals surface area contributed by atoms with Crippen molar-refractivity contribution < 1.29 is 22.7 Å². The molecule has 0 aromatic carbocycles. The molecular weight excluding hydrogens is 413 g/mol. The van der Waals surface area contributed by atoms with Crippen molar-refractivity contribution in [2.75, 3.05) is 32.8 Å². The minimum absolute atomic E-state index is 0.0772. The number of pyridine rings is 1. The molecule has 1 aliphatic rings. The Kier molecular flexibility index (Phi) is 8.18. The third-order valence-electron chi connectivity index (χ3n) is 4.23. The average Bonchev–Trinajstić information content (AvgIpc) is 2.66. The molecule has 162 valence electrons. The fraction of sp³-hybridized carbons (Fsp3) is 0.588. The molecule has 29 heavy (non-hydrogen) atoms. The van der Waals surface area contributed by atoms with Gasteiger partial charge < -0.3 is 26.0 Å². The standard InChI is InChI=1S/C17H24ClF3N6O2/c1-2-23-16(26-12-3-6-27(7-4-12)15(22)28)24-5-8-29-14-13(18)9-11(10-25-14)17(19,20)21/h9-10,12H,2-8H2,1H3,(H2,22,28)(H2,23,24,26). The summed E-state index contributed by atoms with van der Waals surface area (Å²) >= 11 is 5.80. The number of rotatable bonds is 6. The van der Waals surface area contributed by atoms with E-state index >= 15 is 0 Å². The molecule has 0 bridgehead atoms. The zero-order valence-electron chi connectivity index (χ0n) is 15.9. The Morgan fingerprint density at radius 2 is 2.14 bits per heavy atom. The number of hydrogen-bond acceptors (Lipinski definition) is 4. The monoisotopic (exact) mass is 436 g/mol. The summed E-state index contributed by atoms with van der Waals surface area (Å²) in [4.78, 5) is 20.8. The number of likely N-dealkylation sites (tertiary alicyclic amines) is 1. The first-order chi connectivity index (χ1) is 13.7. The van der Waals surface area contributed by atoms with E-state index in [4.69, 9.17) is 22.1 Å². The smallest absolute Gasteiger partial charge is 0.417 e. The van der Waals surface area contributed by atoms with E-state index in [-0.39, 0.29) is 30.1 Å². The summed E-state index contributed by atoms with van der Waals surface area (Å²) < 4.78 is 43.2. The highest BCUT2D eigenvalue weighted by atomic mass is 35.5. The molecule has 1 aromatic rings. The fourth-order valence-electron chi connectivity index (χ4n) is 2.74. The van der Waals surface area contributed by atoms with Gasteiger partial charge in [-0.1, -0.05) is 11.6 Å². The molecule has 0 atom stereocenters. The lowest BCUT2D eigenvalue weighted by Crippen LogP contribution is -2.50. The number of nitrogens with zero attached hydrogens (tertiary/aromatic N) is 3. The van der Waals surface area contributed by atoms with Gasteiger partial charge in [0.15, 0.2) is 5.96 Å². The van der Waals surface area contributed by atoms with E-state index < -0.39 is 17.8 Å². The van der Waals surface area contributed by atoms with Gasteiger partial charge in [-0.3, -0.25) is 0 Å². The maximum atomic E-state index is 12.6. The van der Waals surface area contributed by atoms with Crippen molar-refractivity contribution in [2.24, 2.45) is 10.7 Å². The normalized spacial score (nSPS) is 15.9. The highest BCUT2D eigenvalue weighted by Crippen LogP contribution is 2.33. The number of amides is 2. The summed E-state index contributed by atoms with van der Waals surface area (Å²) in [6, 6.07) is 0.504. The Morgan fingerprint density at radius 3 is 2.69 bits per heavy atom. The van der Waals surface area contributed by atoms with E-state index in [0.29, 0.717) is 31.8 Å². The molecule has 2 heterocycles. The number of urea groups is 1. The zero-order valence-corrected chi connectivity index (χ0v) is 16.7. The third kappa shape index (κ3) is 7.15. The number of primary amides is 1. The number of hydrogen-bond donors (Lipinski definition) is 3. The van der Waals surface area contributed by atoms with Gasteiger partial charge in [0.25, 0.3) is 0 Å². The summed E-state index contributed by atoms with van der Waals surface area (Å²) in [6.45, 7) is 4.07. The van der Waals surface area contributed by atoms with Gasteiger partial charge in [-0.2, -0.15) is 13.2 Å². The second-order valence-electron chi connectivity index (χ2n) is 6.36. The topological polar surface area (TPSA) is 105 Å². The van der Waals surface area contributed by atoms with Crippen molar-refractivity contribution in [3.8, 4) is 5.88 Å². The molecule has 0 saturated carbocycles. The van der Waals surface area contributed by atoms with Crippen LogP contribution >= 0.6 is 11.6 Å². The number of guanidine groups is 1. The average molecular weight is 437 g/mol. The first-order valence-corrected chi connectivity index (χ1v) is 9.53. The Hall–Kier alpha value is -2.43. The number of alkyl halides is 3. The predicted octanol–water partition coefficient (Wildman–Crippen LogP) is 2.23. The summed E-state index contributed by atoms with van der Waals surface area (Å²) in [6.07, 6.45) is -2.35. The zero-order chi connectivity index (χ0) is 21.4. The molecule has 0 aliphatic carbocycles. The molecule has 4 N–H and O–H groups in total. The Balaban J connectivity index is 1.84. The summed E-state index contributed by atoms with van der Waals surface area (Å²) in [5.41, 5.74) is 4.34. The molecule has 0 unspecified atom stereocenters. The summed E-state index contributed by atoms with van der Waals surface area (Å²) in [7, 11) is 0. The van der Waals surface area contributed by atoms with Crippen LogP contribution in [0, 0.1) is 0 Å². The lowest BCUT2D eigenvalue weighted by molar-refractivity contribution is -0.137. The van der Waals surface area contributed by atoms with E-state index in [1.165, 1.54) is 0 Å². The molecule has 12 heteroatoms. The van der Waals surface area contributed by atoms with Crippen LogP contribution in [-0.2, 0) is 6.18 Å². The van der Waals surface area contributed by atoms with Crippen LogP contribution in [0.5, 0.6) is 5.88 Å². The molecule has 1 aliphatic heterocycles. The van der Waals surface area contributed by atoms with E-state index in [1.54, 1.807) is 4.90 Å². The Labute approximate surface area is 171 Å². The van der Waals surface area contributed by atoms with Crippen molar-refractivity contribution in [3.05, 3.63) is 22.8 Å². The maximum Gasteiger partial charge on any atom is 0.417 e. The number of nitrogens with two attached hydrogens (primary N) is 1. The lowest BCUT2D eigenvalue weighted by Gasteiger charge is -2.32. The van der Waals surface area contributed by atoms with Crippen molar-refractivity contribution in [1.82, 2.24) is 20.5 Å². The number of carbonyl (C=O) groups excluding carboxylic acids is 1. The largest absolute Gasteiger partial charge is 0.475 e. The van der Waals surface area contributed by atoms with E-state index in [2.05, 4.69) is 20.6 Å². The van der Waals surface area contributed by atoms with Crippen LogP contribution in [-0.4, -0.2) is 60.7 Å². The predicted molar refractivity (Wildman–Crippen MR) is 103 cm³/mol. The number of carbonyl (C=O) groups is 1. The lowest BCUT2D eigenvalue weighted by atomic mass is 10.1. The highest BCUT2D eigenvalue weighted by Gasteiger charge is 2.31. The van der Waals surface area contributed by atoms with Crippen molar-refractivity contribution in [2.45, 2.75) is 32.0 Å². The summed E-state index contributed by atoms with van der Waals surface area (Å²) in [5, 5.41) is 6.18. The molecule has 0 radical (unpaired) electrons. The van der Waals surface area contributed by atoms with E-state index in [9.17, 15) is 18.0 Å². The van der Waals surface area contributed by atoms with Gasteiger partial charge in [0.1, 0.15) is 11.6 Å². The van der Waals surface area contributed by atoms with Crippen LogP contribution in [0.3, 0.4) is 0 Å². The second-order valence-corrected chi connectivity index (χ2v) is 6.77. The molecule has 2 rings (SSSR count). The van der Waals surface area contributed by atoms with Gasteiger partial charge in [-0.15, -0.1) is 0 Å². The molecular formula is C17H24ClF3N6O2. The molecule has 8 nitrogen and oxygen atoms in total. The van der Waals surface area contributed by atoms with Gasteiger partial charge in [0, 0.05) is 31.9 Å². The van der Waals surface area contributed by atoms with Gasteiger partial charge in [0.2, 0.25) is 5.88 Å². The molecule has 1 fully saturated rings. The fourth-order valence-corrected chi connectivity index (χ4v) is 2.96. The van der Waals surface area contributed by atoms with Crippen LogP contribution < -0.4 is 21.1 Å². The summed E-state index contributed by atoms with van der Waals surface area (Å²) in [5.74, 6) is 0.506. The maximum absolute atomic E-state index is 12.6. The number of ether oxygens (including phenoxy) is 1. The molecule has 1 aromatic heterocycles. The Morgan fingerprint density at radius 1 is 1.45 bits per heavy atom. The van der Waals surface area contributed by atoms with Gasteiger partial charge >= 0.3 is 12.2 Å². The molecule has 1 saturated heterocycles.